The molecule has 0 fully saturated rings. The van der Waals surface area contributed by atoms with Crippen molar-refractivity contribution >= 4 is 44.0 Å². The second-order valence-corrected chi connectivity index (χ2v) is 5.60. The molecule has 0 saturated heterocycles. The van der Waals surface area contributed by atoms with E-state index in [1.165, 1.54) is 12.3 Å². The lowest BCUT2D eigenvalue weighted by Gasteiger charge is -2.02. The van der Waals surface area contributed by atoms with Crippen molar-refractivity contribution in [3.05, 3.63) is 62.5 Å². The normalized spacial score (nSPS) is 10.7. The minimum Gasteiger partial charge on any atom is -0.507 e. The van der Waals surface area contributed by atoms with E-state index in [4.69, 9.17) is 0 Å². The fourth-order valence-corrected chi connectivity index (χ4v) is 2.56. The van der Waals surface area contributed by atoms with Crippen LogP contribution in [0.3, 0.4) is 0 Å². The van der Waals surface area contributed by atoms with Crippen LogP contribution in [0.25, 0.3) is 0 Å². The molecule has 0 aliphatic rings. The van der Waals surface area contributed by atoms with Gasteiger partial charge in [-0.3, -0.25) is 4.79 Å². The summed E-state index contributed by atoms with van der Waals surface area (Å²) in [5.41, 5.74) is 3.61. The van der Waals surface area contributed by atoms with Gasteiger partial charge in [0.05, 0.1) is 10.7 Å². The van der Waals surface area contributed by atoms with Crippen LogP contribution >= 0.6 is 31.9 Å². The van der Waals surface area contributed by atoms with E-state index in [-0.39, 0.29) is 11.7 Å². The number of nitrogens with zero attached hydrogens (tertiary/aromatic N) is 1. The van der Waals surface area contributed by atoms with Crippen LogP contribution in [0.2, 0.25) is 0 Å². The predicted molar refractivity (Wildman–Crippen MR) is 85.0 cm³/mol. The van der Waals surface area contributed by atoms with Gasteiger partial charge in [0.1, 0.15) is 5.75 Å². The minimum absolute atomic E-state index is 0.101. The van der Waals surface area contributed by atoms with Gasteiger partial charge in [-0.25, -0.2) is 5.43 Å². The molecule has 0 heterocycles. The zero-order chi connectivity index (χ0) is 14.5. The number of hydrazone groups is 1. The van der Waals surface area contributed by atoms with Crippen LogP contribution in [0.1, 0.15) is 15.9 Å². The van der Waals surface area contributed by atoms with Gasteiger partial charge in [-0.05, 0) is 40.2 Å². The number of hydrogen-bond acceptors (Lipinski definition) is 3. The zero-order valence-electron chi connectivity index (χ0n) is 10.2. The van der Waals surface area contributed by atoms with E-state index < -0.39 is 0 Å². The molecule has 0 radical (unpaired) electrons. The Labute approximate surface area is 132 Å². The Morgan fingerprint density at radius 2 is 1.85 bits per heavy atom. The van der Waals surface area contributed by atoms with Gasteiger partial charge in [-0.2, -0.15) is 5.10 Å². The molecule has 0 aromatic heterocycles. The molecular formula is C14H10Br2N2O2. The Kier molecular flexibility index (Phi) is 4.92. The first-order valence-corrected chi connectivity index (χ1v) is 7.23. The first-order chi connectivity index (χ1) is 9.58. The average molecular weight is 398 g/mol. The van der Waals surface area contributed by atoms with E-state index in [2.05, 4.69) is 42.4 Å². The lowest BCUT2D eigenvalue weighted by molar-refractivity contribution is 0.0955. The fourth-order valence-electron chi connectivity index (χ4n) is 1.47. The van der Waals surface area contributed by atoms with Gasteiger partial charge in [0.25, 0.3) is 5.91 Å². The molecule has 6 heteroatoms. The highest BCUT2D eigenvalue weighted by molar-refractivity contribution is 9.11. The zero-order valence-corrected chi connectivity index (χ0v) is 13.3. The lowest BCUT2D eigenvalue weighted by atomic mass is 10.2. The first-order valence-electron chi connectivity index (χ1n) is 5.64. The van der Waals surface area contributed by atoms with E-state index >= 15 is 0 Å². The summed E-state index contributed by atoms with van der Waals surface area (Å²) in [7, 11) is 0. The summed E-state index contributed by atoms with van der Waals surface area (Å²) in [6.45, 7) is 0. The van der Waals surface area contributed by atoms with Gasteiger partial charge >= 0.3 is 0 Å². The maximum Gasteiger partial charge on any atom is 0.271 e. The average Bonchev–Trinajstić information content (AvgIpc) is 2.45. The van der Waals surface area contributed by atoms with E-state index in [9.17, 15) is 9.90 Å². The van der Waals surface area contributed by atoms with E-state index in [0.717, 1.165) is 4.47 Å². The van der Waals surface area contributed by atoms with Crippen molar-refractivity contribution in [2.75, 3.05) is 0 Å². The van der Waals surface area contributed by atoms with E-state index in [0.29, 0.717) is 15.6 Å². The Morgan fingerprint density at radius 1 is 1.15 bits per heavy atom. The number of benzene rings is 2. The summed E-state index contributed by atoms with van der Waals surface area (Å²) in [6.07, 6.45) is 1.46. The Bertz CT molecular complexity index is 658. The van der Waals surface area contributed by atoms with E-state index in [1.807, 2.05) is 6.07 Å². The van der Waals surface area contributed by atoms with Crippen LogP contribution < -0.4 is 5.43 Å². The molecule has 0 aliphatic carbocycles. The predicted octanol–water partition coefficient (Wildman–Crippen LogP) is 3.68. The molecule has 0 saturated carbocycles. The van der Waals surface area contributed by atoms with Gasteiger partial charge < -0.3 is 5.11 Å². The van der Waals surface area contributed by atoms with E-state index in [1.54, 1.807) is 30.3 Å². The molecule has 0 aliphatic heterocycles. The van der Waals surface area contributed by atoms with Crippen molar-refractivity contribution in [3.63, 3.8) is 0 Å². The summed E-state index contributed by atoms with van der Waals surface area (Å²) in [6, 6.07) is 12.0. The third-order valence-corrected chi connectivity index (χ3v) is 3.79. The summed E-state index contributed by atoms with van der Waals surface area (Å²) >= 11 is 6.56. The van der Waals surface area contributed by atoms with Gasteiger partial charge in [0.2, 0.25) is 0 Å². The molecule has 0 unspecified atom stereocenters. The number of phenols is 1. The van der Waals surface area contributed by atoms with Gasteiger partial charge in [-0.1, -0.05) is 34.1 Å². The van der Waals surface area contributed by atoms with Crippen LogP contribution in [-0.4, -0.2) is 17.2 Å². The first kappa shape index (κ1) is 14.7. The molecule has 2 aromatic carbocycles. The summed E-state index contributed by atoms with van der Waals surface area (Å²) in [5.74, 6) is -0.191. The number of halogens is 2. The number of rotatable bonds is 3. The Morgan fingerprint density at radius 3 is 2.55 bits per heavy atom. The standard InChI is InChI=1S/C14H10Br2N2O2/c15-11-7-12(16)13(19)6-10(11)8-17-18-14(20)9-4-2-1-3-5-9/h1-8,19H,(H,18,20). The molecule has 0 spiro atoms. The van der Waals surface area contributed by atoms with Crippen molar-refractivity contribution in [1.82, 2.24) is 5.43 Å². The molecule has 20 heavy (non-hydrogen) atoms. The molecular weight excluding hydrogens is 388 g/mol. The topological polar surface area (TPSA) is 61.7 Å². The Balaban J connectivity index is 2.08. The van der Waals surface area contributed by atoms with Crippen molar-refractivity contribution in [2.24, 2.45) is 5.10 Å². The molecule has 2 rings (SSSR count). The number of carbonyl (C=O) groups is 1. The number of phenolic OH excluding ortho intramolecular Hbond substituents is 1. The smallest absolute Gasteiger partial charge is 0.271 e. The molecule has 2 N–H and O–H groups in total. The summed E-state index contributed by atoms with van der Waals surface area (Å²) in [4.78, 5) is 11.7. The third-order valence-electron chi connectivity index (χ3n) is 2.47. The van der Waals surface area contributed by atoms with Gasteiger partial charge in [0.15, 0.2) is 0 Å². The molecule has 1 amide bonds. The fraction of sp³-hybridized carbons (Fsp3) is 0. The number of hydrogen-bond donors (Lipinski definition) is 2. The van der Waals surface area contributed by atoms with Crippen molar-refractivity contribution in [3.8, 4) is 5.75 Å². The highest BCUT2D eigenvalue weighted by Gasteiger charge is 2.05. The summed E-state index contributed by atoms with van der Waals surface area (Å²) in [5, 5.41) is 13.5. The second kappa shape index (κ2) is 6.67. The maximum absolute atomic E-state index is 11.7. The molecule has 2 aromatic rings. The molecule has 0 atom stereocenters. The number of nitrogens with one attached hydrogen (secondary N) is 1. The van der Waals surface area contributed by atoms with Crippen molar-refractivity contribution in [1.29, 1.82) is 0 Å². The second-order valence-electron chi connectivity index (χ2n) is 3.89. The molecule has 0 bridgehead atoms. The van der Waals surface area contributed by atoms with Crippen LogP contribution in [0.5, 0.6) is 5.75 Å². The SMILES string of the molecule is O=C(NN=Cc1cc(O)c(Br)cc1Br)c1ccccc1. The van der Waals surface area contributed by atoms with Gasteiger partial charge in [-0.15, -0.1) is 0 Å². The number of aromatic hydroxyl groups is 1. The molecule has 102 valence electrons. The van der Waals surface area contributed by atoms with Crippen molar-refractivity contribution < 1.29 is 9.90 Å². The number of amides is 1. The van der Waals surface area contributed by atoms with Gasteiger partial charge in [0, 0.05) is 15.6 Å². The third kappa shape index (κ3) is 3.68. The minimum atomic E-state index is -0.292. The van der Waals surface area contributed by atoms with Crippen molar-refractivity contribution in [2.45, 2.75) is 0 Å². The monoisotopic (exact) mass is 396 g/mol. The van der Waals surface area contributed by atoms with Crippen LogP contribution in [0.15, 0.2) is 56.5 Å². The quantitative estimate of drug-likeness (QED) is 0.612. The summed E-state index contributed by atoms with van der Waals surface area (Å²) < 4.78 is 1.33. The largest absolute Gasteiger partial charge is 0.507 e. The maximum atomic E-state index is 11.7. The molecule has 4 nitrogen and oxygen atoms in total. The Hall–Kier alpha value is -1.66. The number of carbonyl (C=O) groups excluding carboxylic acids is 1. The highest BCUT2D eigenvalue weighted by Crippen LogP contribution is 2.29. The lowest BCUT2D eigenvalue weighted by Crippen LogP contribution is -2.17. The van der Waals surface area contributed by atoms with Crippen LogP contribution in [-0.2, 0) is 0 Å². The van der Waals surface area contributed by atoms with Crippen LogP contribution in [0.4, 0.5) is 0 Å². The highest BCUT2D eigenvalue weighted by atomic mass is 79.9. The van der Waals surface area contributed by atoms with Crippen LogP contribution in [0, 0.1) is 0 Å².